The maximum atomic E-state index is 13.0. The molecule has 0 bridgehead atoms. The zero-order chi connectivity index (χ0) is 11.9. The van der Waals surface area contributed by atoms with Crippen LogP contribution in [0.4, 0.5) is 4.39 Å². The van der Waals surface area contributed by atoms with Gasteiger partial charge in [-0.2, -0.15) is 9.37 Å². The molecule has 0 atom stereocenters. The van der Waals surface area contributed by atoms with E-state index in [2.05, 4.69) is 9.97 Å². The van der Waals surface area contributed by atoms with Crippen molar-refractivity contribution in [1.82, 2.24) is 9.97 Å². The van der Waals surface area contributed by atoms with E-state index < -0.39 is 15.9 Å². The van der Waals surface area contributed by atoms with Crippen molar-refractivity contribution < 1.29 is 17.5 Å². The van der Waals surface area contributed by atoms with Crippen LogP contribution in [-0.4, -0.2) is 24.5 Å². The Bertz CT molecular complexity index is 528. The third-order valence-corrected chi connectivity index (χ3v) is 3.54. The van der Waals surface area contributed by atoms with Crippen molar-refractivity contribution in [2.45, 2.75) is 31.5 Å². The van der Waals surface area contributed by atoms with E-state index in [1.54, 1.807) is 13.8 Å². The van der Waals surface area contributed by atoms with Crippen LogP contribution in [0.1, 0.15) is 25.1 Å². The number of aromatic nitrogens is 2. The summed E-state index contributed by atoms with van der Waals surface area (Å²) in [4.78, 5) is 6.97. The zero-order valence-electron chi connectivity index (χ0n) is 8.90. The van der Waals surface area contributed by atoms with Gasteiger partial charge >= 0.3 is 6.08 Å². The first kappa shape index (κ1) is 11.3. The average molecular weight is 246 g/mol. The molecule has 88 valence electrons. The van der Waals surface area contributed by atoms with Crippen LogP contribution in [0.3, 0.4) is 0 Å². The van der Waals surface area contributed by atoms with Crippen LogP contribution in [0.25, 0.3) is 0 Å². The highest BCUT2D eigenvalue weighted by Crippen LogP contribution is 2.30. The Hall–Kier alpha value is -1.24. The zero-order valence-corrected chi connectivity index (χ0v) is 9.71. The summed E-state index contributed by atoms with van der Waals surface area (Å²) in [7, 11) is -3.23. The van der Waals surface area contributed by atoms with E-state index in [1.807, 2.05) is 0 Å². The second-order valence-corrected chi connectivity index (χ2v) is 5.99. The molecule has 0 aromatic carbocycles. The lowest BCUT2D eigenvalue weighted by molar-refractivity contribution is 0.226. The van der Waals surface area contributed by atoms with Gasteiger partial charge in [-0.3, -0.25) is 0 Å². The standard InChI is InChI=1S/C9H11FN2O3S/c1-5(2)15-8-6-3-16(13,14)4-7(6)11-9(10)12-8/h5H,3-4H2,1-2H3. The molecule has 16 heavy (non-hydrogen) atoms. The minimum absolute atomic E-state index is 0.0403. The summed E-state index contributed by atoms with van der Waals surface area (Å²) >= 11 is 0. The summed E-state index contributed by atoms with van der Waals surface area (Å²) < 4.78 is 41.1. The molecule has 7 heteroatoms. The summed E-state index contributed by atoms with van der Waals surface area (Å²) in [5.41, 5.74) is 0.596. The van der Waals surface area contributed by atoms with Gasteiger partial charge in [-0.25, -0.2) is 13.4 Å². The molecule has 1 aromatic heterocycles. The fourth-order valence-electron chi connectivity index (χ4n) is 1.54. The van der Waals surface area contributed by atoms with Crippen LogP contribution in [0.15, 0.2) is 0 Å². The van der Waals surface area contributed by atoms with Crippen molar-refractivity contribution in [3.63, 3.8) is 0 Å². The van der Waals surface area contributed by atoms with Gasteiger partial charge in [-0.1, -0.05) is 0 Å². The summed E-state index contributed by atoms with van der Waals surface area (Å²) in [6.45, 7) is 3.52. The Balaban J connectivity index is 2.49. The number of nitrogens with zero attached hydrogens (tertiary/aromatic N) is 2. The number of rotatable bonds is 2. The first-order valence-corrected chi connectivity index (χ1v) is 6.62. The molecule has 0 saturated carbocycles. The summed E-state index contributed by atoms with van der Waals surface area (Å²) in [6, 6.07) is 0. The predicted octanol–water partition coefficient (Wildman–Crippen LogP) is 0.831. The fourth-order valence-corrected chi connectivity index (χ4v) is 3.03. The van der Waals surface area contributed by atoms with Crippen molar-refractivity contribution in [2.24, 2.45) is 0 Å². The third kappa shape index (κ3) is 2.13. The normalized spacial score (nSPS) is 17.5. The average Bonchev–Trinajstić information content (AvgIpc) is 2.38. The second-order valence-electron chi connectivity index (χ2n) is 3.92. The Morgan fingerprint density at radius 1 is 1.31 bits per heavy atom. The number of halogens is 1. The van der Waals surface area contributed by atoms with Crippen molar-refractivity contribution in [1.29, 1.82) is 0 Å². The largest absolute Gasteiger partial charge is 0.475 e. The number of fused-ring (bicyclic) bond motifs is 1. The summed E-state index contributed by atoms with van der Waals surface area (Å²) in [5, 5.41) is 0. The number of hydrogen-bond acceptors (Lipinski definition) is 5. The van der Waals surface area contributed by atoms with Gasteiger partial charge in [0.05, 0.1) is 28.9 Å². The molecule has 1 aliphatic rings. The van der Waals surface area contributed by atoms with Crippen molar-refractivity contribution >= 4 is 9.84 Å². The molecule has 2 heterocycles. The van der Waals surface area contributed by atoms with Gasteiger partial charge in [0, 0.05) is 0 Å². The number of hydrogen-bond donors (Lipinski definition) is 0. The van der Waals surface area contributed by atoms with Gasteiger partial charge in [0.1, 0.15) is 0 Å². The quantitative estimate of drug-likeness (QED) is 0.723. The maximum absolute atomic E-state index is 13.0. The molecule has 0 saturated heterocycles. The van der Waals surface area contributed by atoms with Gasteiger partial charge < -0.3 is 4.74 Å². The van der Waals surface area contributed by atoms with E-state index in [0.29, 0.717) is 5.56 Å². The highest BCUT2D eigenvalue weighted by atomic mass is 32.2. The molecule has 0 unspecified atom stereocenters. The first-order chi connectivity index (χ1) is 7.37. The Labute approximate surface area is 92.6 Å². The van der Waals surface area contributed by atoms with Crippen LogP contribution < -0.4 is 4.74 Å². The molecule has 0 N–H and O–H groups in total. The van der Waals surface area contributed by atoms with Gasteiger partial charge in [-0.15, -0.1) is 0 Å². The van der Waals surface area contributed by atoms with Crippen molar-refractivity contribution in [2.75, 3.05) is 0 Å². The molecule has 0 fully saturated rings. The molecular weight excluding hydrogens is 235 g/mol. The van der Waals surface area contributed by atoms with Crippen molar-refractivity contribution in [3.05, 3.63) is 17.3 Å². The van der Waals surface area contributed by atoms with E-state index in [4.69, 9.17) is 4.74 Å². The molecule has 5 nitrogen and oxygen atoms in total. The molecule has 2 rings (SSSR count). The number of sulfone groups is 1. The summed E-state index contributed by atoms with van der Waals surface area (Å²) in [6.07, 6.45) is -1.15. The smallest absolute Gasteiger partial charge is 0.312 e. The van der Waals surface area contributed by atoms with Crippen molar-refractivity contribution in [3.8, 4) is 5.88 Å². The van der Waals surface area contributed by atoms with Gasteiger partial charge in [0.15, 0.2) is 9.84 Å². The van der Waals surface area contributed by atoms with E-state index in [0.717, 1.165) is 0 Å². The Morgan fingerprint density at radius 2 is 2.00 bits per heavy atom. The molecule has 0 radical (unpaired) electrons. The first-order valence-electron chi connectivity index (χ1n) is 4.80. The minimum Gasteiger partial charge on any atom is -0.475 e. The monoisotopic (exact) mass is 246 g/mol. The van der Waals surface area contributed by atoms with Crippen LogP contribution in [0, 0.1) is 6.08 Å². The van der Waals surface area contributed by atoms with E-state index in [1.165, 1.54) is 0 Å². The van der Waals surface area contributed by atoms with Crippen LogP contribution in [0.2, 0.25) is 0 Å². The van der Waals surface area contributed by atoms with Crippen LogP contribution in [0.5, 0.6) is 5.88 Å². The van der Waals surface area contributed by atoms with E-state index >= 15 is 0 Å². The Morgan fingerprint density at radius 3 is 2.62 bits per heavy atom. The molecule has 1 aromatic rings. The number of ether oxygens (including phenoxy) is 1. The maximum Gasteiger partial charge on any atom is 0.312 e. The third-order valence-electron chi connectivity index (χ3n) is 2.10. The minimum atomic E-state index is -3.23. The lowest BCUT2D eigenvalue weighted by Gasteiger charge is -2.11. The van der Waals surface area contributed by atoms with Gasteiger partial charge in [0.2, 0.25) is 5.88 Å². The van der Waals surface area contributed by atoms with Crippen LogP contribution >= 0.6 is 0 Å². The summed E-state index contributed by atoms with van der Waals surface area (Å²) in [5.74, 6) is -0.375. The van der Waals surface area contributed by atoms with Crippen LogP contribution in [-0.2, 0) is 21.3 Å². The predicted molar refractivity (Wildman–Crippen MR) is 54.1 cm³/mol. The second kappa shape index (κ2) is 3.65. The topological polar surface area (TPSA) is 69.2 Å². The fraction of sp³-hybridized carbons (Fsp3) is 0.556. The highest BCUT2D eigenvalue weighted by Gasteiger charge is 2.31. The molecule has 0 spiro atoms. The van der Waals surface area contributed by atoms with Gasteiger partial charge in [0.25, 0.3) is 0 Å². The Kier molecular flexibility index (Phi) is 2.57. The highest BCUT2D eigenvalue weighted by molar-refractivity contribution is 7.90. The molecule has 1 aliphatic heterocycles. The lowest BCUT2D eigenvalue weighted by Crippen LogP contribution is -2.11. The van der Waals surface area contributed by atoms with E-state index in [-0.39, 0.29) is 29.2 Å². The SMILES string of the molecule is CC(C)Oc1nc(F)nc2c1CS(=O)(=O)C2. The molecule has 0 amide bonds. The molecular formula is C9H11FN2O3S. The van der Waals surface area contributed by atoms with E-state index in [9.17, 15) is 12.8 Å². The lowest BCUT2D eigenvalue weighted by atomic mass is 10.2. The molecule has 0 aliphatic carbocycles. The van der Waals surface area contributed by atoms with Gasteiger partial charge in [-0.05, 0) is 13.8 Å².